The van der Waals surface area contributed by atoms with Crippen molar-refractivity contribution in [3.8, 4) is 0 Å². The second kappa shape index (κ2) is 10.00. The molecule has 124 valence electrons. The van der Waals surface area contributed by atoms with Crippen molar-refractivity contribution in [1.82, 2.24) is 5.32 Å². The Kier molecular flexibility index (Phi) is 8.28. The van der Waals surface area contributed by atoms with Gasteiger partial charge in [-0.1, -0.05) is 19.4 Å². The lowest BCUT2D eigenvalue weighted by Gasteiger charge is -2.14. The Morgan fingerprint density at radius 2 is 2.18 bits per heavy atom. The van der Waals surface area contributed by atoms with E-state index in [4.69, 9.17) is 15.2 Å². The summed E-state index contributed by atoms with van der Waals surface area (Å²) in [5.74, 6) is -0.597. The molecule has 0 bridgehead atoms. The molecule has 1 aliphatic rings. The lowest BCUT2D eigenvalue weighted by molar-refractivity contribution is -0.147. The fraction of sp³-hybridized carbons (Fsp3) is 0.625. The van der Waals surface area contributed by atoms with E-state index in [0.29, 0.717) is 18.6 Å². The summed E-state index contributed by atoms with van der Waals surface area (Å²) in [7, 11) is 0. The Labute approximate surface area is 131 Å². The minimum absolute atomic E-state index is 0.0561. The molecule has 0 spiro atoms. The first-order valence-electron chi connectivity index (χ1n) is 7.73. The van der Waals surface area contributed by atoms with Gasteiger partial charge in [-0.3, -0.25) is 9.59 Å². The van der Waals surface area contributed by atoms with Crippen LogP contribution in [0.1, 0.15) is 46.0 Å². The molecule has 0 saturated carbocycles. The predicted molar refractivity (Wildman–Crippen MR) is 83.6 cm³/mol. The van der Waals surface area contributed by atoms with Crippen LogP contribution in [-0.4, -0.2) is 30.8 Å². The average molecular weight is 310 g/mol. The zero-order chi connectivity index (χ0) is 16.4. The van der Waals surface area contributed by atoms with E-state index in [1.165, 1.54) is 0 Å². The molecule has 1 rings (SSSR count). The van der Waals surface area contributed by atoms with Gasteiger partial charge in [0.05, 0.1) is 6.10 Å². The van der Waals surface area contributed by atoms with Gasteiger partial charge in [0, 0.05) is 12.0 Å². The van der Waals surface area contributed by atoms with Crippen LogP contribution in [0.25, 0.3) is 0 Å². The van der Waals surface area contributed by atoms with Crippen LogP contribution in [0.4, 0.5) is 0 Å². The highest BCUT2D eigenvalue weighted by molar-refractivity contribution is 5.91. The number of carbonyl (C=O) groups excluding carboxylic acids is 2. The number of nitrogens with one attached hydrogen (secondary N) is 1. The van der Waals surface area contributed by atoms with Gasteiger partial charge < -0.3 is 20.5 Å². The minimum Gasteiger partial charge on any atom is -0.463 e. The van der Waals surface area contributed by atoms with Gasteiger partial charge in [-0.2, -0.15) is 0 Å². The lowest BCUT2D eigenvalue weighted by atomic mass is 10.2. The lowest BCUT2D eigenvalue weighted by Crippen LogP contribution is -2.26. The van der Waals surface area contributed by atoms with Crippen LogP contribution in [0, 0.1) is 0 Å². The Morgan fingerprint density at radius 1 is 1.41 bits per heavy atom. The molecule has 6 nitrogen and oxygen atoms in total. The first-order valence-corrected chi connectivity index (χ1v) is 7.73. The van der Waals surface area contributed by atoms with Crippen LogP contribution in [0.2, 0.25) is 0 Å². The number of nitrogens with two attached hydrogens (primary N) is 1. The second-order valence-corrected chi connectivity index (χ2v) is 5.35. The molecule has 6 heteroatoms. The summed E-state index contributed by atoms with van der Waals surface area (Å²) in [5, 5.41) is 3.09. The number of ether oxygens (including phenoxy) is 2. The van der Waals surface area contributed by atoms with Gasteiger partial charge in [-0.05, 0) is 38.5 Å². The summed E-state index contributed by atoms with van der Waals surface area (Å²) in [6.45, 7) is 4.00. The van der Waals surface area contributed by atoms with Crippen molar-refractivity contribution in [2.75, 3.05) is 6.61 Å². The zero-order valence-corrected chi connectivity index (χ0v) is 13.3. The zero-order valence-electron chi connectivity index (χ0n) is 13.3. The van der Waals surface area contributed by atoms with Crippen molar-refractivity contribution in [2.45, 2.75) is 58.3 Å². The molecule has 0 aromatic carbocycles. The molecule has 2 atom stereocenters. The average Bonchev–Trinajstić information content (AvgIpc) is 2.94. The Morgan fingerprint density at radius 3 is 2.86 bits per heavy atom. The molecule has 22 heavy (non-hydrogen) atoms. The molecule has 0 aromatic heterocycles. The number of hydrogen-bond donors (Lipinski definition) is 2. The molecular weight excluding hydrogens is 284 g/mol. The molecule has 1 aliphatic heterocycles. The maximum absolute atomic E-state index is 11.4. The molecule has 0 unspecified atom stereocenters. The maximum Gasteiger partial charge on any atom is 0.305 e. The van der Waals surface area contributed by atoms with Crippen molar-refractivity contribution in [3.63, 3.8) is 0 Å². The van der Waals surface area contributed by atoms with E-state index in [1.807, 2.05) is 6.92 Å². The van der Waals surface area contributed by atoms with E-state index in [0.717, 1.165) is 25.7 Å². The van der Waals surface area contributed by atoms with E-state index >= 15 is 0 Å². The number of esters is 1. The third-order valence-corrected chi connectivity index (χ3v) is 3.39. The summed E-state index contributed by atoms with van der Waals surface area (Å²) in [5.41, 5.74) is 5.61. The fourth-order valence-electron chi connectivity index (χ4n) is 1.97. The monoisotopic (exact) mass is 310 g/mol. The van der Waals surface area contributed by atoms with E-state index in [2.05, 4.69) is 5.32 Å². The van der Waals surface area contributed by atoms with Crippen molar-refractivity contribution < 1.29 is 19.1 Å². The normalized spacial score (nSPS) is 22.0. The Hall–Kier alpha value is -1.82. The van der Waals surface area contributed by atoms with Gasteiger partial charge in [0.15, 0.2) is 0 Å². The topological polar surface area (TPSA) is 90.6 Å². The van der Waals surface area contributed by atoms with E-state index < -0.39 is 5.91 Å². The van der Waals surface area contributed by atoms with Crippen molar-refractivity contribution in [3.05, 3.63) is 23.9 Å². The molecule has 1 amide bonds. The molecule has 3 N–H and O–H groups in total. The van der Waals surface area contributed by atoms with E-state index in [9.17, 15) is 9.59 Å². The van der Waals surface area contributed by atoms with Crippen LogP contribution in [0.5, 0.6) is 0 Å². The van der Waals surface area contributed by atoms with Crippen molar-refractivity contribution in [2.24, 2.45) is 5.73 Å². The Balaban J connectivity index is 2.20. The van der Waals surface area contributed by atoms with Crippen LogP contribution in [-0.2, 0) is 19.1 Å². The number of rotatable bonds is 9. The SMILES string of the molecule is CCCCC(=O)OC[C@@H]1CC[C@H](N/C=C\C=C(/C)C(N)=O)O1. The van der Waals surface area contributed by atoms with Crippen LogP contribution in [0.15, 0.2) is 23.9 Å². The van der Waals surface area contributed by atoms with Crippen LogP contribution in [0.3, 0.4) is 0 Å². The molecule has 0 aliphatic carbocycles. The standard InChI is InChI=1S/C16H26N2O4/c1-3-4-7-15(19)21-11-13-8-9-14(22-13)18-10-5-6-12(2)16(17)20/h5-6,10,13-14,18H,3-4,7-9,11H2,1-2H3,(H2,17,20)/b10-5-,12-6+/t13-,14+/m0/s1. The van der Waals surface area contributed by atoms with Gasteiger partial charge in [0.25, 0.3) is 0 Å². The summed E-state index contributed by atoms with van der Waals surface area (Å²) < 4.78 is 10.9. The molecule has 0 aromatic rings. The van der Waals surface area contributed by atoms with Gasteiger partial charge in [-0.15, -0.1) is 0 Å². The molecule has 1 fully saturated rings. The largest absolute Gasteiger partial charge is 0.463 e. The first kappa shape index (κ1) is 18.2. The van der Waals surface area contributed by atoms with Gasteiger partial charge in [-0.25, -0.2) is 0 Å². The minimum atomic E-state index is -0.438. The van der Waals surface area contributed by atoms with Crippen molar-refractivity contribution >= 4 is 11.9 Å². The number of unbranched alkanes of at least 4 members (excludes halogenated alkanes) is 1. The van der Waals surface area contributed by atoms with Crippen molar-refractivity contribution in [1.29, 1.82) is 0 Å². The highest BCUT2D eigenvalue weighted by atomic mass is 16.6. The summed E-state index contributed by atoms with van der Waals surface area (Å²) >= 11 is 0. The molecular formula is C16H26N2O4. The number of allylic oxidation sites excluding steroid dienone is 2. The van der Waals surface area contributed by atoms with Gasteiger partial charge in [0.1, 0.15) is 12.8 Å². The Bertz CT molecular complexity index is 432. The molecule has 1 heterocycles. The van der Waals surface area contributed by atoms with E-state index in [1.54, 1.807) is 25.3 Å². The van der Waals surface area contributed by atoms with Crippen LogP contribution < -0.4 is 11.1 Å². The second-order valence-electron chi connectivity index (χ2n) is 5.35. The number of primary amides is 1. The van der Waals surface area contributed by atoms with Crippen LogP contribution >= 0.6 is 0 Å². The highest BCUT2D eigenvalue weighted by Gasteiger charge is 2.25. The maximum atomic E-state index is 11.4. The molecule has 1 saturated heterocycles. The van der Waals surface area contributed by atoms with Gasteiger partial charge >= 0.3 is 5.97 Å². The quantitative estimate of drug-likeness (QED) is 0.385. The first-order chi connectivity index (χ1) is 10.5. The van der Waals surface area contributed by atoms with E-state index in [-0.39, 0.29) is 18.3 Å². The number of hydrogen-bond acceptors (Lipinski definition) is 5. The smallest absolute Gasteiger partial charge is 0.305 e. The summed E-state index contributed by atoms with van der Waals surface area (Å²) in [6.07, 6.45) is 8.92. The third-order valence-electron chi connectivity index (χ3n) is 3.39. The number of amides is 1. The summed E-state index contributed by atoms with van der Waals surface area (Å²) in [4.78, 5) is 22.2. The van der Waals surface area contributed by atoms with Gasteiger partial charge in [0.2, 0.25) is 5.91 Å². The third kappa shape index (κ3) is 7.26. The predicted octanol–water partition coefficient (Wildman–Crippen LogP) is 1.76. The molecule has 0 radical (unpaired) electrons. The number of carbonyl (C=O) groups is 2. The summed E-state index contributed by atoms with van der Waals surface area (Å²) in [6, 6.07) is 0. The fourth-order valence-corrected chi connectivity index (χ4v) is 1.97. The highest BCUT2D eigenvalue weighted by Crippen LogP contribution is 2.18.